The highest BCUT2D eigenvalue weighted by Gasteiger charge is 2.01. The second-order valence-electron chi connectivity index (χ2n) is 5.55. The molecular formula is C21H20N2O. The molecule has 0 atom stereocenters. The first-order valence-electron chi connectivity index (χ1n) is 7.93. The van der Waals surface area contributed by atoms with E-state index < -0.39 is 0 Å². The van der Waals surface area contributed by atoms with Gasteiger partial charge in [0, 0.05) is 5.56 Å². The average Bonchev–Trinajstić information content (AvgIpc) is 2.63. The summed E-state index contributed by atoms with van der Waals surface area (Å²) in [4.78, 5) is 0. The molecule has 3 rings (SSSR count). The van der Waals surface area contributed by atoms with Crippen LogP contribution in [0.2, 0.25) is 0 Å². The molecule has 0 saturated carbocycles. The molecule has 0 fully saturated rings. The minimum absolute atomic E-state index is 0.539. The lowest BCUT2D eigenvalue weighted by atomic mass is 10.1. The molecular weight excluding hydrogens is 296 g/mol. The monoisotopic (exact) mass is 316 g/mol. The number of hydrogen-bond acceptors (Lipinski definition) is 3. The van der Waals surface area contributed by atoms with Crippen molar-refractivity contribution < 1.29 is 4.74 Å². The molecule has 0 bridgehead atoms. The molecule has 0 radical (unpaired) electrons. The Morgan fingerprint density at radius 1 is 0.875 bits per heavy atom. The molecule has 3 aromatic rings. The van der Waals surface area contributed by atoms with E-state index in [1.807, 2.05) is 54.6 Å². The van der Waals surface area contributed by atoms with Crippen LogP contribution in [0.1, 0.15) is 16.7 Å². The van der Waals surface area contributed by atoms with E-state index in [2.05, 4.69) is 41.7 Å². The minimum Gasteiger partial charge on any atom is -0.488 e. The maximum atomic E-state index is 5.95. The van der Waals surface area contributed by atoms with Crippen molar-refractivity contribution in [3.8, 4) is 5.75 Å². The topological polar surface area (TPSA) is 33.6 Å². The number of anilines is 1. The first kappa shape index (κ1) is 15.8. The van der Waals surface area contributed by atoms with Crippen molar-refractivity contribution in [1.82, 2.24) is 0 Å². The van der Waals surface area contributed by atoms with Crippen molar-refractivity contribution in [1.29, 1.82) is 0 Å². The summed E-state index contributed by atoms with van der Waals surface area (Å²) in [6, 6.07) is 26.1. The van der Waals surface area contributed by atoms with Crippen molar-refractivity contribution in [2.45, 2.75) is 13.5 Å². The molecule has 3 nitrogen and oxygen atoms in total. The van der Waals surface area contributed by atoms with Crippen LogP contribution < -0.4 is 10.2 Å². The van der Waals surface area contributed by atoms with Crippen molar-refractivity contribution >= 4 is 11.9 Å². The van der Waals surface area contributed by atoms with Crippen LogP contribution in [0.25, 0.3) is 0 Å². The molecule has 0 spiro atoms. The standard InChI is InChI=1S/C21H20N2O/c1-17-11-13-18(14-12-17)16-24-21-10-6-5-7-19(21)15-22-23-20-8-3-2-4-9-20/h2-15,23H,16H2,1H3/b22-15+. The Morgan fingerprint density at radius 2 is 1.58 bits per heavy atom. The average molecular weight is 316 g/mol. The predicted octanol–water partition coefficient (Wildman–Crippen LogP) is 5.02. The van der Waals surface area contributed by atoms with E-state index in [1.54, 1.807) is 6.21 Å². The Hall–Kier alpha value is -3.07. The Bertz CT molecular complexity index is 796. The zero-order valence-corrected chi connectivity index (χ0v) is 13.6. The van der Waals surface area contributed by atoms with Crippen molar-refractivity contribution in [2.24, 2.45) is 5.10 Å². The highest BCUT2D eigenvalue weighted by molar-refractivity contribution is 5.83. The van der Waals surface area contributed by atoms with Crippen LogP contribution in [-0.4, -0.2) is 6.21 Å². The van der Waals surface area contributed by atoms with Gasteiger partial charge in [-0.1, -0.05) is 60.2 Å². The van der Waals surface area contributed by atoms with Gasteiger partial charge in [-0.3, -0.25) is 5.43 Å². The summed E-state index contributed by atoms with van der Waals surface area (Å²) in [7, 11) is 0. The number of nitrogens with zero attached hydrogens (tertiary/aromatic N) is 1. The lowest BCUT2D eigenvalue weighted by Crippen LogP contribution is -1.99. The number of para-hydroxylation sites is 2. The number of aryl methyl sites for hydroxylation is 1. The van der Waals surface area contributed by atoms with Crippen molar-refractivity contribution in [3.05, 3.63) is 95.6 Å². The summed E-state index contributed by atoms with van der Waals surface area (Å²) >= 11 is 0. The van der Waals surface area contributed by atoms with Crippen LogP contribution in [0.4, 0.5) is 5.69 Å². The predicted molar refractivity (Wildman–Crippen MR) is 99.6 cm³/mol. The van der Waals surface area contributed by atoms with Gasteiger partial charge in [-0.2, -0.15) is 5.10 Å². The lowest BCUT2D eigenvalue weighted by molar-refractivity contribution is 0.306. The van der Waals surface area contributed by atoms with E-state index in [-0.39, 0.29) is 0 Å². The van der Waals surface area contributed by atoms with Gasteiger partial charge in [-0.05, 0) is 36.8 Å². The zero-order valence-electron chi connectivity index (χ0n) is 13.6. The molecule has 0 heterocycles. The molecule has 0 aromatic heterocycles. The van der Waals surface area contributed by atoms with E-state index in [1.165, 1.54) is 5.56 Å². The fourth-order valence-electron chi connectivity index (χ4n) is 2.25. The smallest absolute Gasteiger partial charge is 0.128 e. The highest BCUT2D eigenvalue weighted by atomic mass is 16.5. The molecule has 0 aliphatic rings. The minimum atomic E-state index is 0.539. The van der Waals surface area contributed by atoms with Crippen LogP contribution in [0, 0.1) is 6.92 Å². The summed E-state index contributed by atoms with van der Waals surface area (Å²) in [6.07, 6.45) is 1.78. The number of hydrogen-bond donors (Lipinski definition) is 1. The molecule has 120 valence electrons. The summed E-state index contributed by atoms with van der Waals surface area (Å²) < 4.78 is 5.95. The van der Waals surface area contributed by atoms with E-state index in [0.717, 1.165) is 22.6 Å². The number of rotatable bonds is 6. The maximum Gasteiger partial charge on any atom is 0.128 e. The summed E-state index contributed by atoms with van der Waals surface area (Å²) in [5.41, 5.74) is 7.30. The van der Waals surface area contributed by atoms with E-state index in [0.29, 0.717) is 6.61 Å². The Morgan fingerprint density at radius 3 is 2.38 bits per heavy atom. The molecule has 0 amide bonds. The van der Waals surface area contributed by atoms with Gasteiger partial charge in [-0.25, -0.2) is 0 Å². The third-order valence-electron chi connectivity index (χ3n) is 3.61. The maximum absolute atomic E-state index is 5.95. The van der Waals surface area contributed by atoms with Gasteiger partial charge in [-0.15, -0.1) is 0 Å². The molecule has 1 N–H and O–H groups in total. The fourth-order valence-corrected chi connectivity index (χ4v) is 2.25. The molecule has 0 unspecified atom stereocenters. The van der Waals surface area contributed by atoms with Gasteiger partial charge >= 0.3 is 0 Å². The first-order valence-corrected chi connectivity index (χ1v) is 7.93. The van der Waals surface area contributed by atoms with Crippen LogP contribution in [0.3, 0.4) is 0 Å². The van der Waals surface area contributed by atoms with E-state index in [4.69, 9.17) is 4.74 Å². The second kappa shape index (κ2) is 7.97. The number of ether oxygens (including phenoxy) is 1. The first-order chi connectivity index (χ1) is 11.8. The van der Waals surface area contributed by atoms with Gasteiger partial charge in [0.1, 0.15) is 12.4 Å². The Kier molecular flexibility index (Phi) is 5.25. The van der Waals surface area contributed by atoms with Crippen LogP contribution in [0.5, 0.6) is 5.75 Å². The number of nitrogens with one attached hydrogen (secondary N) is 1. The molecule has 0 aliphatic heterocycles. The fraction of sp³-hybridized carbons (Fsp3) is 0.0952. The van der Waals surface area contributed by atoms with Gasteiger partial charge in [0.05, 0.1) is 11.9 Å². The molecule has 24 heavy (non-hydrogen) atoms. The zero-order chi connectivity index (χ0) is 16.6. The van der Waals surface area contributed by atoms with Crippen LogP contribution in [-0.2, 0) is 6.61 Å². The Labute approximate surface area is 142 Å². The van der Waals surface area contributed by atoms with E-state index >= 15 is 0 Å². The number of benzene rings is 3. The normalized spacial score (nSPS) is 10.7. The van der Waals surface area contributed by atoms with Gasteiger partial charge in [0.15, 0.2) is 0 Å². The lowest BCUT2D eigenvalue weighted by Gasteiger charge is -2.09. The third kappa shape index (κ3) is 4.46. The highest BCUT2D eigenvalue weighted by Crippen LogP contribution is 2.18. The van der Waals surface area contributed by atoms with Crippen LogP contribution in [0.15, 0.2) is 84.0 Å². The SMILES string of the molecule is Cc1ccc(COc2ccccc2/C=N/Nc2ccccc2)cc1. The summed E-state index contributed by atoms with van der Waals surface area (Å²) in [6.45, 7) is 2.62. The van der Waals surface area contributed by atoms with Gasteiger partial charge < -0.3 is 4.74 Å². The second-order valence-corrected chi connectivity index (χ2v) is 5.55. The quantitative estimate of drug-likeness (QED) is 0.512. The Balaban J connectivity index is 1.65. The summed E-state index contributed by atoms with van der Waals surface area (Å²) in [5.74, 6) is 0.816. The van der Waals surface area contributed by atoms with Crippen molar-refractivity contribution in [3.63, 3.8) is 0 Å². The largest absolute Gasteiger partial charge is 0.488 e. The molecule has 3 aromatic carbocycles. The van der Waals surface area contributed by atoms with E-state index in [9.17, 15) is 0 Å². The molecule has 3 heteroatoms. The third-order valence-corrected chi connectivity index (χ3v) is 3.61. The number of hydrazone groups is 1. The van der Waals surface area contributed by atoms with Gasteiger partial charge in [0.2, 0.25) is 0 Å². The van der Waals surface area contributed by atoms with Crippen molar-refractivity contribution in [2.75, 3.05) is 5.43 Å². The molecule has 0 saturated heterocycles. The van der Waals surface area contributed by atoms with Gasteiger partial charge in [0.25, 0.3) is 0 Å². The molecule has 0 aliphatic carbocycles. The summed E-state index contributed by atoms with van der Waals surface area (Å²) in [5, 5.41) is 4.28. The van der Waals surface area contributed by atoms with Crippen LogP contribution >= 0.6 is 0 Å².